The van der Waals surface area contributed by atoms with Crippen LogP contribution < -0.4 is 15.1 Å². The van der Waals surface area contributed by atoms with Gasteiger partial charge in [-0.3, -0.25) is 4.79 Å². The number of fused-ring (bicyclic) bond motifs is 1. The number of halogens is 1. The highest BCUT2D eigenvalue weighted by Crippen LogP contribution is 2.38. The fourth-order valence-electron chi connectivity index (χ4n) is 3.26. The highest BCUT2D eigenvalue weighted by molar-refractivity contribution is 5.96. The van der Waals surface area contributed by atoms with Crippen molar-refractivity contribution in [1.29, 1.82) is 0 Å². The molecule has 0 unspecified atom stereocenters. The van der Waals surface area contributed by atoms with Crippen molar-refractivity contribution in [1.82, 2.24) is 9.47 Å². The average Bonchev–Trinajstić information content (AvgIpc) is 2.57. The van der Waals surface area contributed by atoms with Crippen LogP contribution >= 0.6 is 0 Å². The van der Waals surface area contributed by atoms with Crippen LogP contribution in [0.15, 0.2) is 17.1 Å². The van der Waals surface area contributed by atoms with Gasteiger partial charge in [0.25, 0.3) is 0 Å². The van der Waals surface area contributed by atoms with Gasteiger partial charge in [-0.15, -0.1) is 0 Å². The zero-order valence-corrected chi connectivity index (χ0v) is 14.4. The molecule has 1 N–H and O–H groups in total. The Balaban J connectivity index is 2.29. The maximum atomic E-state index is 14.9. The van der Waals surface area contributed by atoms with E-state index in [1.54, 1.807) is 7.05 Å². The minimum absolute atomic E-state index is 0.00497. The van der Waals surface area contributed by atoms with Crippen molar-refractivity contribution in [3.63, 3.8) is 0 Å². The standard InChI is InChI=1S/C17H20FN3O4/c1-19-4-6-21(7-5-19)14-12(18)8-10-13(16(14)25-3)20(2)9-11(15(10)22)17(23)24/h8-9H,4-7H2,1-3H3,(H,23,24). The van der Waals surface area contributed by atoms with Gasteiger partial charge in [0.15, 0.2) is 11.6 Å². The molecule has 1 aromatic carbocycles. The summed E-state index contributed by atoms with van der Waals surface area (Å²) in [6.07, 6.45) is 1.24. The number of pyridine rings is 1. The topological polar surface area (TPSA) is 75.0 Å². The van der Waals surface area contributed by atoms with Gasteiger partial charge >= 0.3 is 5.97 Å². The highest BCUT2D eigenvalue weighted by Gasteiger charge is 2.26. The third-order valence-corrected chi connectivity index (χ3v) is 4.60. The SMILES string of the molecule is COc1c(N2CCN(C)CC2)c(F)cc2c(=O)c(C(=O)O)cn(C)c12. The number of aromatic nitrogens is 1. The molecular formula is C17H20FN3O4. The number of methoxy groups -OCH3 is 1. The van der Waals surface area contributed by atoms with E-state index in [0.29, 0.717) is 24.3 Å². The van der Waals surface area contributed by atoms with Crippen molar-refractivity contribution in [3.05, 3.63) is 33.9 Å². The number of carbonyl (C=O) groups is 1. The Kier molecular flexibility index (Phi) is 4.38. The Morgan fingerprint density at radius 2 is 1.88 bits per heavy atom. The molecule has 25 heavy (non-hydrogen) atoms. The van der Waals surface area contributed by atoms with E-state index in [-0.39, 0.29) is 11.1 Å². The van der Waals surface area contributed by atoms with E-state index >= 15 is 0 Å². The van der Waals surface area contributed by atoms with Crippen LogP contribution in [0.3, 0.4) is 0 Å². The first-order chi connectivity index (χ1) is 11.8. The zero-order chi connectivity index (χ0) is 18.3. The van der Waals surface area contributed by atoms with Crippen LogP contribution in [-0.4, -0.2) is 60.9 Å². The van der Waals surface area contributed by atoms with Gasteiger partial charge in [0.05, 0.1) is 18.0 Å². The molecule has 2 heterocycles. The van der Waals surface area contributed by atoms with Gasteiger partial charge in [-0.05, 0) is 13.1 Å². The molecule has 0 atom stereocenters. The Bertz CT molecular complexity index is 901. The number of aryl methyl sites for hydroxylation is 1. The molecule has 0 saturated carbocycles. The van der Waals surface area contributed by atoms with Gasteiger partial charge in [0.1, 0.15) is 11.3 Å². The second-order valence-electron chi connectivity index (χ2n) is 6.21. The number of aromatic carboxylic acids is 1. The molecule has 134 valence electrons. The van der Waals surface area contributed by atoms with E-state index < -0.39 is 22.8 Å². The van der Waals surface area contributed by atoms with E-state index in [2.05, 4.69) is 4.90 Å². The van der Waals surface area contributed by atoms with Gasteiger partial charge < -0.3 is 24.2 Å². The Morgan fingerprint density at radius 1 is 1.24 bits per heavy atom. The van der Waals surface area contributed by atoms with Gasteiger partial charge in [0.2, 0.25) is 5.43 Å². The number of likely N-dealkylation sites (N-methyl/N-ethyl adjacent to an activating group) is 1. The summed E-state index contributed by atoms with van der Waals surface area (Å²) in [5.74, 6) is -1.69. The first-order valence-corrected chi connectivity index (χ1v) is 7.91. The predicted molar refractivity (Wildman–Crippen MR) is 92.4 cm³/mol. The summed E-state index contributed by atoms with van der Waals surface area (Å²) in [4.78, 5) is 27.7. The summed E-state index contributed by atoms with van der Waals surface area (Å²) in [6.45, 7) is 2.85. The van der Waals surface area contributed by atoms with Crippen LogP contribution in [0.4, 0.5) is 10.1 Å². The number of benzene rings is 1. The fourth-order valence-corrected chi connectivity index (χ4v) is 3.26. The van der Waals surface area contributed by atoms with Crippen LogP contribution in [0.5, 0.6) is 5.75 Å². The third kappa shape index (κ3) is 2.82. The molecule has 0 amide bonds. The summed E-state index contributed by atoms with van der Waals surface area (Å²) in [5.41, 5.74) is -0.430. The van der Waals surface area contributed by atoms with E-state index in [0.717, 1.165) is 19.2 Å². The molecule has 1 aliphatic rings. The molecule has 0 bridgehead atoms. The van der Waals surface area contributed by atoms with Gasteiger partial charge in [-0.2, -0.15) is 0 Å². The smallest absolute Gasteiger partial charge is 0.341 e. The minimum Gasteiger partial charge on any atom is -0.492 e. The monoisotopic (exact) mass is 349 g/mol. The number of rotatable bonds is 3. The largest absolute Gasteiger partial charge is 0.492 e. The van der Waals surface area contributed by atoms with E-state index in [1.165, 1.54) is 17.9 Å². The maximum absolute atomic E-state index is 14.9. The van der Waals surface area contributed by atoms with Gasteiger partial charge in [-0.25, -0.2) is 9.18 Å². The normalized spacial score (nSPS) is 15.6. The minimum atomic E-state index is -1.34. The lowest BCUT2D eigenvalue weighted by molar-refractivity contribution is 0.0695. The van der Waals surface area contributed by atoms with Crippen molar-refractivity contribution < 1.29 is 19.0 Å². The first-order valence-electron chi connectivity index (χ1n) is 7.91. The lowest BCUT2D eigenvalue weighted by Crippen LogP contribution is -2.45. The van der Waals surface area contributed by atoms with Crippen molar-refractivity contribution in [2.75, 3.05) is 45.2 Å². The van der Waals surface area contributed by atoms with E-state index in [1.807, 2.05) is 11.9 Å². The number of piperazine rings is 1. The van der Waals surface area contributed by atoms with Crippen LogP contribution in [0, 0.1) is 5.82 Å². The fraction of sp³-hybridized carbons (Fsp3) is 0.412. The summed E-state index contributed by atoms with van der Waals surface area (Å²) < 4.78 is 21.8. The highest BCUT2D eigenvalue weighted by atomic mass is 19.1. The molecule has 1 aromatic heterocycles. The molecule has 1 fully saturated rings. The predicted octanol–water partition coefficient (Wildman–Crippen LogP) is 1.14. The van der Waals surface area contributed by atoms with Crippen LogP contribution in [0.1, 0.15) is 10.4 Å². The number of carboxylic acids is 1. The van der Waals surface area contributed by atoms with Gasteiger partial charge in [0, 0.05) is 39.4 Å². The van der Waals surface area contributed by atoms with Crippen LogP contribution in [0.25, 0.3) is 10.9 Å². The van der Waals surface area contributed by atoms with Crippen molar-refractivity contribution in [2.24, 2.45) is 7.05 Å². The maximum Gasteiger partial charge on any atom is 0.341 e. The molecule has 2 aromatic rings. The van der Waals surface area contributed by atoms with Crippen molar-refractivity contribution >= 4 is 22.6 Å². The van der Waals surface area contributed by atoms with E-state index in [9.17, 15) is 19.1 Å². The number of carboxylic acid groups (broad SMARTS) is 1. The molecule has 7 nitrogen and oxygen atoms in total. The Labute approximate surface area is 143 Å². The molecular weight excluding hydrogens is 329 g/mol. The lowest BCUT2D eigenvalue weighted by Gasteiger charge is -2.35. The number of ether oxygens (including phenoxy) is 1. The van der Waals surface area contributed by atoms with Crippen LogP contribution in [-0.2, 0) is 7.05 Å². The van der Waals surface area contributed by atoms with Crippen molar-refractivity contribution in [2.45, 2.75) is 0 Å². The summed E-state index contributed by atoms with van der Waals surface area (Å²) in [7, 11) is 5.04. The average molecular weight is 349 g/mol. The quantitative estimate of drug-likeness (QED) is 0.896. The van der Waals surface area contributed by atoms with E-state index in [4.69, 9.17) is 4.74 Å². The number of hydrogen-bond acceptors (Lipinski definition) is 5. The molecule has 0 spiro atoms. The van der Waals surface area contributed by atoms with Gasteiger partial charge in [-0.1, -0.05) is 0 Å². The number of hydrogen-bond donors (Lipinski definition) is 1. The molecule has 0 aliphatic carbocycles. The first kappa shape index (κ1) is 17.2. The molecule has 1 aliphatic heterocycles. The molecule has 8 heteroatoms. The summed E-state index contributed by atoms with van der Waals surface area (Å²) in [6, 6.07) is 1.11. The molecule has 3 rings (SSSR count). The second-order valence-corrected chi connectivity index (χ2v) is 6.21. The Morgan fingerprint density at radius 3 is 2.44 bits per heavy atom. The second kappa shape index (κ2) is 6.36. The number of nitrogens with zero attached hydrogens (tertiary/aromatic N) is 3. The Hall–Kier alpha value is -2.61. The van der Waals surface area contributed by atoms with Crippen molar-refractivity contribution in [3.8, 4) is 5.75 Å². The molecule has 0 radical (unpaired) electrons. The summed E-state index contributed by atoms with van der Waals surface area (Å²) in [5, 5.41) is 9.17. The summed E-state index contributed by atoms with van der Waals surface area (Å²) >= 11 is 0. The molecule has 1 saturated heterocycles. The third-order valence-electron chi connectivity index (χ3n) is 4.60. The zero-order valence-electron chi connectivity index (χ0n) is 14.4. The van der Waals surface area contributed by atoms with Crippen LogP contribution in [0.2, 0.25) is 0 Å². The number of anilines is 1. The lowest BCUT2D eigenvalue weighted by atomic mass is 10.1.